The van der Waals surface area contributed by atoms with Gasteiger partial charge in [-0.25, -0.2) is 4.68 Å². The van der Waals surface area contributed by atoms with Crippen LogP contribution in [0.15, 0.2) is 18.5 Å². The highest BCUT2D eigenvalue weighted by molar-refractivity contribution is 7.98. The molecule has 0 aromatic carbocycles. The SMILES string of the molecule is CCNc1nc(NCCCSC)nc(-n2cccn2)n1. The number of aromatic nitrogens is 5. The number of nitrogens with one attached hydrogen (secondary N) is 2. The average Bonchev–Trinajstić information content (AvgIpc) is 2.98. The first-order chi connectivity index (χ1) is 9.83. The van der Waals surface area contributed by atoms with E-state index in [0.717, 1.165) is 25.3 Å². The van der Waals surface area contributed by atoms with Gasteiger partial charge in [-0.1, -0.05) is 0 Å². The first-order valence-corrected chi connectivity index (χ1v) is 7.95. The third-order valence-corrected chi connectivity index (χ3v) is 3.17. The van der Waals surface area contributed by atoms with Crippen molar-refractivity contribution in [1.82, 2.24) is 24.7 Å². The van der Waals surface area contributed by atoms with E-state index in [4.69, 9.17) is 0 Å². The Morgan fingerprint density at radius 1 is 1.20 bits per heavy atom. The van der Waals surface area contributed by atoms with Crippen molar-refractivity contribution in [2.75, 3.05) is 35.7 Å². The van der Waals surface area contributed by atoms with Crippen LogP contribution in [0, 0.1) is 0 Å². The van der Waals surface area contributed by atoms with E-state index in [1.807, 2.05) is 30.9 Å². The van der Waals surface area contributed by atoms with Gasteiger partial charge in [-0.05, 0) is 31.4 Å². The van der Waals surface area contributed by atoms with Gasteiger partial charge in [0.2, 0.25) is 11.9 Å². The van der Waals surface area contributed by atoms with Crippen LogP contribution >= 0.6 is 11.8 Å². The molecule has 0 atom stereocenters. The highest BCUT2D eigenvalue weighted by Gasteiger charge is 2.07. The summed E-state index contributed by atoms with van der Waals surface area (Å²) in [6, 6.07) is 1.84. The van der Waals surface area contributed by atoms with Gasteiger partial charge in [-0.2, -0.15) is 31.8 Å². The third kappa shape index (κ3) is 4.09. The first kappa shape index (κ1) is 14.6. The number of thioether (sulfide) groups is 1. The Morgan fingerprint density at radius 3 is 2.65 bits per heavy atom. The minimum absolute atomic E-state index is 0.508. The van der Waals surface area contributed by atoms with Crippen LogP contribution in [-0.4, -0.2) is 49.8 Å². The van der Waals surface area contributed by atoms with Crippen LogP contribution in [0.4, 0.5) is 11.9 Å². The Balaban J connectivity index is 2.13. The maximum Gasteiger partial charge on any atom is 0.257 e. The van der Waals surface area contributed by atoms with Crippen LogP contribution in [0.2, 0.25) is 0 Å². The summed E-state index contributed by atoms with van der Waals surface area (Å²) >= 11 is 1.83. The summed E-state index contributed by atoms with van der Waals surface area (Å²) in [6.45, 7) is 3.60. The Bertz CT molecular complexity index is 515. The lowest BCUT2D eigenvalue weighted by molar-refractivity contribution is 0.794. The minimum atomic E-state index is 0.508. The standard InChI is InChI=1S/C12H19N7S/c1-3-13-10-16-11(14-6-5-9-20-2)18-12(17-10)19-8-4-7-15-19/h4,7-8H,3,5-6,9H2,1-2H3,(H2,13,14,16,17,18). The fourth-order valence-corrected chi connectivity index (χ4v) is 2.02. The number of nitrogens with zero attached hydrogens (tertiary/aromatic N) is 5. The molecule has 0 aliphatic heterocycles. The lowest BCUT2D eigenvalue weighted by atomic mass is 10.5. The molecular weight excluding hydrogens is 274 g/mol. The van der Waals surface area contributed by atoms with Crippen LogP contribution < -0.4 is 10.6 Å². The van der Waals surface area contributed by atoms with Gasteiger partial charge in [0.05, 0.1) is 0 Å². The summed E-state index contributed by atoms with van der Waals surface area (Å²) in [7, 11) is 0. The molecule has 0 amide bonds. The molecule has 2 aromatic heterocycles. The van der Waals surface area contributed by atoms with Crippen LogP contribution in [0.25, 0.3) is 5.95 Å². The van der Waals surface area contributed by atoms with Gasteiger partial charge in [0.25, 0.3) is 5.95 Å². The van der Waals surface area contributed by atoms with Crippen LogP contribution in [0.5, 0.6) is 0 Å². The van der Waals surface area contributed by atoms with Gasteiger partial charge in [0.15, 0.2) is 0 Å². The topological polar surface area (TPSA) is 80.5 Å². The second kappa shape index (κ2) is 7.68. The highest BCUT2D eigenvalue weighted by Crippen LogP contribution is 2.09. The fraction of sp³-hybridized carbons (Fsp3) is 0.500. The molecule has 0 bridgehead atoms. The molecule has 2 rings (SSSR count). The summed E-state index contributed by atoms with van der Waals surface area (Å²) in [5, 5.41) is 10.5. The third-order valence-electron chi connectivity index (χ3n) is 2.48. The molecule has 20 heavy (non-hydrogen) atoms. The quantitative estimate of drug-likeness (QED) is 0.716. The first-order valence-electron chi connectivity index (χ1n) is 6.56. The molecule has 0 aliphatic rings. The van der Waals surface area contributed by atoms with Crippen molar-refractivity contribution in [2.24, 2.45) is 0 Å². The summed E-state index contributed by atoms with van der Waals surface area (Å²) in [5.41, 5.74) is 0. The highest BCUT2D eigenvalue weighted by atomic mass is 32.2. The van der Waals surface area contributed by atoms with E-state index in [9.17, 15) is 0 Å². The molecule has 7 nitrogen and oxygen atoms in total. The van der Waals surface area contributed by atoms with E-state index in [1.54, 1.807) is 10.9 Å². The summed E-state index contributed by atoms with van der Waals surface area (Å²) < 4.78 is 1.62. The zero-order valence-corrected chi connectivity index (χ0v) is 12.5. The molecule has 0 unspecified atom stereocenters. The molecule has 0 spiro atoms. The van der Waals surface area contributed by atoms with Gasteiger partial charge in [0.1, 0.15) is 0 Å². The zero-order valence-electron chi connectivity index (χ0n) is 11.7. The molecule has 2 heterocycles. The average molecular weight is 293 g/mol. The van der Waals surface area contributed by atoms with E-state index < -0.39 is 0 Å². The molecule has 0 saturated heterocycles. The number of rotatable bonds is 8. The monoisotopic (exact) mass is 293 g/mol. The summed E-state index contributed by atoms with van der Waals surface area (Å²) in [6.07, 6.45) is 6.67. The Hall–Kier alpha value is -1.83. The van der Waals surface area contributed by atoms with Gasteiger partial charge in [-0.15, -0.1) is 0 Å². The molecule has 0 aliphatic carbocycles. The van der Waals surface area contributed by atoms with Crippen molar-refractivity contribution in [2.45, 2.75) is 13.3 Å². The Labute approximate surface area is 122 Å². The zero-order chi connectivity index (χ0) is 14.2. The van der Waals surface area contributed by atoms with E-state index in [-0.39, 0.29) is 0 Å². The number of hydrogen-bond donors (Lipinski definition) is 2. The Morgan fingerprint density at radius 2 is 2.00 bits per heavy atom. The van der Waals surface area contributed by atoms with E-state index >= 15 is 0 Å². The second-order valence-corrected chi connectivity index (χ2v) is 5.02. The molecular formula is C12H19N7S. The van der Waals surface area contributed by atoms with Gasteiger partial charge in [-0.3, -0.25) is 0 Å². The van der Waals surface area contributed by atoms with E-state index in [2.05, 4.69) is 36.9 Å². The van der Waals surface area contributed by atoms with Crippen LogP contribution in [0.1, 0.15) is 13.3 Å². The maximum absolute atomic E-state index is 4.38. The second-order valence-electron chi connectivity index (χ2n) is 4.04. The predicted octanol–water partition coefficient (Wildman–Crippen LogP) is 1.65. The van der Waals surface area contributed by atoms with Gasteiger partial charge in [0, 0.05) is 25.5 Å². The number of anilines is 2. The molecule has 2 aromatic rings. The summed E-state index contributed by atoms with van der Waals surface area (Å²) in [4.78, 5) is 13.0. The van der Waals surface area contributed by atoms with Crippen molar-refractivity contribution >= 4 is 23.7 Å². The van der Waals surface area contributed by atoms with Crippen molar-refractivity contribution in [3.63, 3.8) is 0 Å². The largest absolute Gasteiger partial charge is 0.354 e. The predicted molar refractivity (Wildman–Crippen MR) is 82.6 cm³/mol. The lowest BCUT2D eigenvalue weighted by Crippen LogP contribution is -2.13. The molecule has 8 heteroatoms. The van der Waals surface area contributed by atoms with Crippen LogP contribution in [0.3, 0.4) is 0 Å². The van der Waals surface area contributed by atoms with E-state index in [1.165, 1.54) is 0 Å². The van der Waals surface area contributed by atoms with Gasteiger partial charge < -0.3 is 10.6 Å². The van der Waals surface area contributed by atoms with Crippen molar-refractivity contribution in [3.05, 3.63) is 18.5 Å². The molecule has 108 valence electrons. The van der Waals surface area contributed by atoms with Crippen molar-refractivity contribution in [1.29, 1.82) is 0 Å². The molecule has 2 N–H and O–H groups in total. The molecule has 0 radical (unpaired) electrons. The molecule has 0 fully saturated rings. The van der Waals surface area contributed by atoms with Gasteiger partial charge >= 0.3 is 0 Å². The fourth-order valence-electron chi connectivity index (χ4n) is 1.59. The van der Waals surface area contributed by atoms with E-state index in [0.29, 0.717) is 17.8 Å². The van der Waals surface area contributed by atoms with Crippen molar-refractivity contribution in [3.8, 4) is 5.95 Å². The van der Waals surface area contributed by atoms with Crippen molar-refractivity contribution < 1.29 is 0 Å². The lowest BCUT2D eigenvalue weighted by Gasteiger charge is -2.09. The molecule has 0 saturated carbocycles. The number of hydrogen-bond acceptors (Lipinski definition) is 7. The Kier molecular flexibility index (Phi) is 5.60. The maximum atomic E-state index is 4.38. The normalized spacial score (nSPS) is 10.5. The minimum Gasteiger partial charge on any atom is -0.354 e. The smallest absolute Gasteiger partial charge is 0.257 e. The van der Waals surface area contributed by atoms with Crippen LogP contribution in [-0.2, 0) is 0 Å². The summed E-state index contributed by atoms with van der Waals surface area (Å²) in [5.74, 6) is 2.75.